The van der Waals surface area contributed by atoms with Gasteiger partial charge in [-0.2, -0.15) is 0 Å². The molecule has 1 aromatic heterocycles. The summed E-state index contributed by atoms with van der Waals surface area (Å²) in [6.07, 6.45) is 0. The Balaban J connectivity index is 2.02. The maximum Gasteiger partial charge on any atom is 0.253 e. The molecule has 0 saturated carbocycles. The fourth-order valence-corrected chi connectivity index (χ4v) is 1.90. The molecule has 1 aromatic carbocycles. The molecule has 0 unspecified atom stereocenters. The van der Waals surface area contributed by atoms with E-state index in [9.17, 15) is 0 Å². The molecule has 6 heteroatoms. The summed E-state index contributed by atoms with van der Waals surface area (Å²) in [7, 11) is 0. The second-order valence-electron chi connectivity index (χ2n) is 3.42. The number of aromatic nitrogens is 2. The Kier molecular flexibility index (Phi) is 4.02. The Bertz CT molecular complexity index is 516. The predicted octanol–water partition coefficient (Wildman–Crippen LogP) is 3.46. The maximum absolute atomic E-state index is 5.58. The van der Waals surface area contributed by atoms with E-state index in [1.54, 1.807) is 0 Å². The molecule has 0 saturated heterocycles. The lowest BCUT2D eigenvalue weighted by Gasteiger charge is -2.06. The fraction of sp³-hybridized carbons (Fsp3) is 0.273. The van der Waals surface area contributed by atoms with Crippen LogP contribution in [0.3, 0.4) is 0 Å². The van der Waals surface area contributed by atoms with Crippen molar-refractivity contribution in [1.82, 2.24) is 10.2 Å². The molecule has 0 aliphatic carbocycles. The van der Waals surface area contributed by atoms with E-state index in [-0.39, 0.29) is 12.5 Å². The summed E-state index contributed by atoms with van der Waals surface area (Å²) >= 11 is 8.95. The van der Waals surface area contributed by atoms with Gasteiger partial charge < -0.3 is 9.15 Å². The summed E-state index contributed by atoms with van der Waals surface area (Å²) in [5, 5.41) is 7.56. The lowest BCUT2D eigenvalue weighted by atomic mass is 10.2. The minimum Gasteiger partial charge on any atom is -0.484 e. The number of alkyl halides is 1. The molecule has 0 spiro atoms. The first kappa shape index (κ1) is 12.4. The highest BCUT2D eigenvalue weighted by molar-refractivity contribution is 9.10. The molecular formula is C11H10BrClN2O2. The highest BCUT2D eigenvalue weighted by atomic mass is 79.9. The predicted molar refractivity (Wildman–Crippen MR) is 67.1 cm³/mol. The van der Waals surface area contributed by atoms with E-state index in [2.05, 4.69) is 26.1 Å². The van der Waals surface area contributed by atoms with Crippen molar-refractivity contribution in [3.05, 3.63) is 40.0 Å². The second kappa shape index (κ2) is 5.51. The monoisotopic (exact) mass is 316 g/mol. The highest BCUT2D eigenvalue weighted by Crippen LogP contribution is 2.22. The molecular weight excluding hydrogens is 307 g/mol. The van der Waals surface area contributed by atoms with Crippen LogP contribution in [-0.2, 0) is 12.5 Å². The molecule has 2 aromatic rings. The molecule has 0 atom stereocenters. The fourth-order valence-electron chi connectivity index (χ4n) is 1.31. The first-order chi connectivity index (χ1) is 8.19. The standard InChI is InChI=1S/C11H10BrClN2O2/c1-7-4-8(12)2-3-9(7)16-6-11-15-14-10(5-13)17-11/h2-4H,5-6H2,1H3. The molecule has 17 heavy (non-hydrogen) atoms. The van der Waals surface area contributed by atoms with Gasteiger partial charge in [0.1, 0.15) is 11.6 Å². The first-order valence-corrected chi connectivity index (χ1v) is 6.28. The zero-order valence-electron chi connectivity index (χ0n) is 9.11. The number of aryl methyl sites for hydroxylation is 1. The van der Waals surface area contributed by atoms with Crippen LogP contribution in [0.4, 0.5) is 0 Å². The van der Waals surface area contributed by atoms with E-state index in [4.69, 9.17) is 20.8 Å². The number of hydrogen-bond acceptors (Lipinski definition) is 4. The van der Waals surface area contributed by atoms with Gasteiger partial charge in [-0.1, -0.05) is 15.9 Å². The molecule has 4 nitrogen and oxygen atoms in total. The van der Waals surface area contributed by atoms with Crippen LogP contribution in [0, 0.1) is 6.92 Å². The SMILES string of the molecule is Cc1cc(Br)ccc1OCc1nnc(CCl)o1. The number of hydrogen-bond donors (Lipinski definition) is 0. The van der Waals surface area contributed by atoms with Crippen molar-refractivity contribution in [1.29, 1.82) is 0 Å². The topological polar surface area (TPSA) is 48.2 Å². The summed E-state index contributed by atoms with van der Waals surface area (Å²) in [4.78, 5) is 0. The lowest BCUT2D eigenvalue weighted by Crippen LogP contribution is -1.97. The normalized spacial score (nSPS) is 10.5. The molecule has 0 fully saturated rings. The van der Waals surface area contributed by atoms with Gasteiger partial charge in [-0.3, -0.25) is 0 Å². The Morgan fingerprint density at radius 1 is 1.35 bits per heavy atom. The summed E-state index contributed by atoms with van der Waals surface area (Å²) in [6.45, 7) is 2.21. The van der Waals surface area contributed by atoms with Gasteiger partial charge in [-0.25, -0.2) is 0 Å². The van der Waals surface area contributed by atoms with Crippen LogP contribution in [0.25, 0.3) is 0 Å². The third-order valence-corrected chi connectivity index (χ3v) is 2.83. The first-order valence-electron chi connectivity index (χ1n) is 4.95. The average molecular weight is 318 g/mol. The van der Waals surface area contributed by atoms with E-state index >= 15 is 0 Å². The Morgan fingerprint density at radius 2 is 2.12 bits per heavy atom. The summed E-state index contributed by atoms with van der Waals surface area (Å²) in [5.74, 6) is 1.82. The van der Waals surface area contributed by atoms with Crippen molar-refractivity contribution < 1.29 is 9.15 Å². The van der Waals surface area contributed by atoms with Crippen molar-refractivity contribution in [2.24, 2.45) is 0 Å². The van der Waals surface area contributed by atoms with Gasteiger partial charge in [0.25, 0.3) is 5.89 Å². The van der Waals surface area contributed by atoms with Crippen molar-refractivity contribution in [3.63, 3.8) is 0 Å². The second-order valence-corrected chi connectivity index (χ2v) is 4.60. The number of nitrogens with zero attached hydrogens (tertiary/aromatic N) is 2. The molecule has 1 heterocycles. The van der Waals surface area contributed by atoms with Crippen molar-refractivity contribution in [3.8, 4) is 5.75 Å². The van der Waals surface area contributed by atoms with E-state index < -0.39 is 0 Å². The Labute approximate surface area is 112 Å². The summed E-state index contributed by atoms with van der Waals surface area (Å²) < 4.78 is 11.8. The van der Waals surface area contributed by atoms with Gasteiger partial charge in [-0.15, -0.1) is 21.8 Å². The quantitative estimate of drug-likeness (QED) is 0.810. The Morgan fingerprint density at radius 3 is 2.76 bits per heavy atom. The van der Waals surface area contributed by atoms with Gasteiger partial charge in [-0.05, 0) is 30.7 Å². The summed E-state index contributed by atoms with van der Waals surface area (Å²) in [6, 6.07) is 5.78. The number of rotatable bonds is 4. The van der Waals surface area contributed by atoms with Crippen LogP contribution in [0.1, 0.15) is 17.3 Å². The van der Waals surface area contributed by atoms with Crippen molar-refractivity contribution >= 4 is 27.5 Å². The number of ether oxygens (including phenoxy) is 1. The van der Waals surface area contributed by atoms with E-state index in [0.717, 1.165) is 15.8 Å². The molecule has 2 rings (SSSR count). The van der Waals surface area contributed by atoms with Gasteiger partial charge in [0.15, 0.2) is 6.61 Å². The van der Waals surface area contributed by atoms with Crippen LogP contribution in [0.15, 0.2) is 27.1 Å². The number of halogens is 2. The van der Waals surface area contributed by atoms with E-state index in [1.807, 2.05) is 25.1 Å². The van der Waals surface area contributed by atoms with Crippen molar-refractivity contribution in [2.75, 3.05) is 0 Å². The minimum absolute atomic E-state index is 0.213. The van der Waals surface area contributed by atoms with E-state index in [0.29, 0.717) is 11.8 Å². The van der Waals surface area contributed by atoms with E-state index in [1.165, 1.54) is 0 Å². The molecule has 0 aliphatic rings. The van der Waals surface area contributed by atoms with Gasteiger partial charge in [0, 0.05) is 4.47 Å². The third-order valence-electron chi connectivity index (χ3n) is 2.11. The smallest absolute Gasteiger partial charge is 0.253 e. The molecule has 0 aliphatic heterocycles. The average Bonchev–Trinajstić information content (AvgIpc) is 2.76. The van der Waals surface area contributed by atoms with Gasteiger partial charge in [0.2, 0.25) is 5.89 Å². The summed E-state index contributed by atoms with van der Waals surface area (Å²) in [5.41, 5.74) is 1.04. The minimum atomic E-state index is 0.213. The third kappa shape index (κ3) is 3.20. The zero-order valence-corrected chi connectivity index (χ0v) is 11.5. The van der Waals surface area contributed by atoms with Crippen molar-refractivity contribution in [2.45, 2.75) is 19.4 Å². The van der Waals surface area contributed by atoms with Crippen LogP contribution in [0.2, 0.25) is 0 Å². The molecule has 0 bridgehead atoms. The molecule has 90 valence electrons. The van der Waals surface area contributed by atoms with Crippen LogP contribution >= 0.6 is 27.5 Å². The Hall–Kier alpha value is -1.07. The highest BCUT2D eigenvalue weighted by Gasteiger charge is 2.06. The van der Waals surface area contributed by atoms with Crippen LogP contribution in [-0.4, -0.2) is 10.2 Å². The van der Waals surface area contributed by atoms with Crippen LogP contribution < -0.4 is 4.74 Å². The maximum atomic E-state index is 5.58. The largest absolute Gasteiger partial charge is 0.484 e. The molecule has 0 radical (unpaired) electrons. The molecule has 0 amide bonds. The van der Waals surface area contributed by atoms with Gasteiger partial charge in [0.05, 0.1) is 0 Å². The van der Waals surface area contributed by atoms with Crippen LogP contribution in [0.5, 0.6) is 5.75 Å². The lowest BCUT2D eigenvalue weighted by molar-refractivity contribution is 0.258. The van der Waals surface area contributed by atoms with Gasteiger partial charge >= 0.3 is 0 Å². The number of benzene rings is 1. The zero-order chi connectivity index (χ0) is 12.3. The molecule has 0 N–H and O–H groups in total.